The highest BCUT2D eigenvalue weighted by Gasteiger charge is 2.38. The third kappa shape index (κ3) is 3.53. The van der Waals surface area contributed by atoms with Gasteiger partial charge in [-0.15, -0.1) is 12.6 Å². The maximum atomic E-state index is 11.9. The standard InChI is InChI=1S/C22H21NOS/c23-20(21(24)25)16-22(17-10-4-1-5-11-17,18-12-6-2-7-13-18)19-14-8-3-9-15-19/h1-15,20H,16,23H2,(H,24,25)/t20-/m1/s1. The predicted octanol–water partition coefficient (Wildman–Crippen LogP) is 4.19. The zero-order valence-corrected chi connectivity index (χ0v) is 14.8. The lowest BCUT2D eigenvalue weighted by Crippen LogP contribution is -2.40. The molecule has 0 fully saturated rings. The van der Waals surface area contributed by atoms with E-state index >= 15 is 0 Å². The van der Waals surface area contributed by atoms with Crippen LogP contribution >= 0.6 is 12.6 Å². The summed E-state index contributed by atoms with van der Waals surface area (Å²) >= 11 is 3.98. The molecular weight excluding hydrogens is 326 g/mol. The minimum atomic E-state index is -0.663. The van der Waals surface area contributed by atoms with Crippen molar-refractivity contribution in [1.29, 1.82) is 0 Å². The Morgan fingerprint density at radius 3 is 1.36 bits per heavy atom. The smallest absolute Gasteiger partial charge is 0.202 e. The van der Waals surface area contributed by atoms with Gasteiger partial charge >= 0.3 is 0 Å². The number of benzene rings is 3. The molecule has 0 spiro atoms. The highest BCUT2D eigenvalue weighted by molar-refractivity contribution is 7.96. The molecule has 3 rings (SSSR count). The molecule has 0 aliphatic heterocycles. The molecule has 0 bridgehead atoms. The van der Waals surface area contributed by atoms with Gasteiger partial charge in [-0.3, -0.25) is 4.79 Å². The van der Waals surface area contributed by atoms with Crippen LogP contribution in [0, 0.1) is 0 Å². The molecule has 25 heavy (non-hydrogen) atoms. The van der Waals surface area contributed by atoms with Crippen LogP contribution in [0.5, 0.6) is 0 Å². The van der Waals surface area contributed by atoms with Crippen LogP contribution in [-0.4, -0.2) is 11.2 Å². The fourth-order valence-electron chi connectivity index (χ4n) is 3.44. The fraction of sp³-hybridized carbons (Fsp3) is 0.136. The first-order valence-electron chi connectivity index (χ1n) is 8.29. The van der Waals surface area contributed by atoms with Crippen molar-refractivity contribution in [3.05, 3.63) is 108 Å². The van der Waals surface area contributed by atoms with E-state index in [0.29, 0.717) is 6.42 Å². The first-order chi connectivity index (χ1) is 12.1. The Balaban J connectivity index is 2.29. The van der Waals surface area contributed by atoms with Crippen LogP contribution in [0.1, 0.15) is 23.1 Å². The summed E-state index contributed by atoms with van der Waals surface area (Å²) in [5, 5.41) is -0.299. The van der Waals surface area contributed by atoms with Gasteiger partial charge in [0.15, 0.2) is 0 Å². The molecule has 3 aromatic rings. The molecule has 0 heterocycles. The maximum Gasteiger partial charge on any atom is 0.202 e. The Hall–Kier alpha value is -2.36. The Kier molecular flexibility index (Phi) is 5.37. The van der Waals surface area contributed by atoms with Crippen LogP contribution in [0.15, 0.2) is 91.0 Å². The zero-order valence-electron chi connectivity index (χ0n) is 13.9. The molecule has 3 heteroatoms. The van der Waals surface area contributed by atoms with Gasteiger partial charge in [-0.25, -0.2) is 0 Å². The van der Waals surface area contributed by atoms with E-state index in [4.69, 9.17) is 5.73 Å². The second kappa shape index (κ2) is 7.68. The maximum absolute atomic E-state index is 11.9. The molecule has 0 unspecified atom stereocenters. The molecule has 0 amide bonds. The Morgan fingerprint density at radius 1 is 0.760 bits per heavy atom. The van der Waals surface area contributed by atoms with Crippen LogP contribution in [0.3, 0.4) is 0 Å². The molecule has 0 aliphatic rings. The summed E-state index contributed by atoms with van der Waals surface area (Å²) in [6.07, 6.45) is 0.452. The van der Waals surface area contributed by atoms with E-state index in [1.807, 2.05) is 54.6 Å². The number of rotatable bonds is 6. The Bertz CT molecular complexity index is 722. The molecule has 2 N–H and O–H groups in total. The van der Waals surface area contributed by atoms with Gasteiger partial charge in [-0.2, -0.15) is 0 Å². The van der Waals surface area contributed by atoms with E-state index in [9.17, 15) is 4.79 Å². The first-order valence-corrected chi connectivity index (χ1v) is 8.74. The number of carbonyl (C=O) groups is 1. The predicted molar refractivity (Wildman–Crippen MR) is 106 cm³/mol. The number of nitrogens with two attached hydrogens (primary N) is 1. The quantitative estimate of drug-likeness (QED) is 0.518. The largest absolute Gasteiger partial charge is 0.321 e. The Labute approximate surface area is 154 Å². The van der Waals surface area contributed by atoms with Gasteiger partial charge in [0.05, 0.1) is 6.04 Å². The molecular formula is C22H21NOS. The van der Waals surface area contributed by atoms with Crippen LogP contribution in [-0.2, 0) is 10.2 Å². The molecule has 0 aromatic heterocycles. The van der Waals surface area contributed by atoms with E-state index in [-0.39, 0.29) is 5.12 Å². The third-order valence-corrected chi connectivity index (χ3v) is 4.97. The monoisotopic (exact) mass is 347 g/mol. The normalized spacial score (nSPS) is 12.6. The van der Waals surface area contributed by atoms with Crippen molar-refractivity contribution < 1.29 is 4.79 Å². The summed E-state index contributed by atoms with van der Waals surface area (Å²) in [4.78, 5) is 11.9. The van der Waals surface area contributed by atoms with E-state index in [0.717, 1.165) is 16.7 Å². The van der Waals surface area contributed by atoms with Gasteiger partial charge in [0.25, 0.3) is 0 Å². The molecule has 0 saturated heterocycles. The molecule has 3 aromatic carbocycles. The van der Waals surface area contributed by atoms with Gasteiger partial charge in [0.1, 0.15) is 0 Å². The molecule has 1 atom stereocenters. The van der Waals surface area contributed by atoms with Gasteiger partial charge in [-0.05, 0) is 23.1 Å². The minimum absolute atomic E-state index is 0.299. The molecule has 0 saturated carbocycles. The summed E-state index contributed by atoms with van der Waals surface area (Å²) in [7, 11) is 0. The van der Waals surface area contributed by atoms with E-state index in [1.54, 1.807) is 0 Å². The molecule has 0 radical (unpaired) electrons. The topological polar surface area (TPSA) is 43.1 Å². The van der Waals surface area contributed by atoms with Crippen molar-refractivity contribution in [2.45, 2.75) is 17.9 Å². The molecule has 0 aliphatic carbocycles. The average Bonchev–Trinajstić information content (AvgIpc) is 2.68. The highest BCUT2D eigenvalue weighted by atomic mass is 32.1. The second-order valence-corrected chi connectivity index (χ2v) is 6.59. The zero-order chi connectivity index (χ0) is 17.7. The highest BCUT2D eigenvalue weighted by Crippen LogP contribution is 2.42. The van der Waals surface area contributed by atoms with Gasteiger partial charge in [-0.1, -0.05) is 91.0 Å². The summed E-state index contributed by atoms with van der Waals surface area (Å²) in [5.41, 5.74) is 9.00. The van der Waals surface area contributed by atoms with E-state index in [2.05, 4.69) is 49.0 Å². The van der Waals surface area contributed by atoms with Crippen LogP contribution in [0.2, 0.25) is 0 Å². The Morgan fingerprint density at radius 2 is 1.08 bits per heavy atom. The second-order valence-electron chi connectivity index (χ2n) is 6.15. The van der Waals surface area contributed by atoms with E-state index < -0.39 is 11.5 Å². The van der Waals surface area contributed by atoms with Crippen LogP contribution in [0.4, 0.5) is 0 Å². The fourth-order valence-corrected chi connectivity index (χ4v) is 3.53. The number of hydrogen-bond acceptors (Lipinski definition) is 2. The summed E-state index contributed by atoms with van der Waals surface area (Å²) in [6.45, 7) is 0. The van der Waals surface area contributed by atoms with Crippen molar-refractivity contribution in [2.24, 2.45) is 5.73 Å². The lowest BCUT2D eigenvalue weighted by Gasteiger charge is -2.37. The van der Waals surface area contributed by atoms with Crippen molar-refractivity contribution in [3.8, 4) is 0 Å². The van der Waals surface area contributed by atoms with Crippen molar-refractivity contribution in [2.75, 3.05) is 0 Å². The first kappa shape index (κ1) is 17.5. The summed E-state index contributed by atoms with van der Waals surface area (Å²) in [5.74, 6) is 0. The minimum Gasteiger partial charge on any atom is -0.321 e. The molecule has 126 valence electrons. The van der Waals surface area contributed by atoms with Gasteiger partial charge in [0, 0.05) is 5.41 Å². The van der Waals surface area contributed by atoms with Gasteiger partial charge < -0.3 is 5.73 Å². The lowest BCUT2D eigenvalue weighted by atomic mass is 9.66. The third-order valence-electron chi connectivity index (χ3n) is 4.64. The van der Waals surface area contributed by atoms with Crippen molar-refractivity contribution >= 4 is 17.7 Å². The lowest BCUT2D eigenvalue weighted by molar-refractivity contribution is -0.112. The van der Waals surface area contributed by atoms with Crippen LogP contribution < -0.4 is 5.73 Å². The number of hydrogen-bond donors (Lipinski definition) is 2. The summed E-state index contributed by atoms with van der Waals surface area (Å²) in [6, 6.07) is 30.0. The number of carbonyl (C=O) groups excluding carboxylic acids is 1. The summed E-state index contributed by atoms with van der Waals surface area (Å²) < 4.78 is 0. The SMILES string of the molecule is N[C@H](CC(c1ccccc1)(c1ccccc1)c1ccccc1)C(=O)S. The average molecular weight is 347 g/mol. The molecule has 2 nitrogen and oxygen atoms in total. The van der Waals surface area contributed by atoms with Crippen molar-refractivity contribution in [1.82, 2.24) is 0 Å². The van der Waals surface area contributed by atoms with Crippen molar-refractivity contribution in [3.63, 3.8) is 0 Å². The van der Waals surface area contributed by atoms with E-state index in [1.165, 1.54) is 0 Å². The van der Waals surface area contributed by atoms with Gasteiger partial charge in [0.2, 0.25) is 5.12 Å². The van der Waals surface area contributed by atoms with Crippen LogP contribution in [0.25, 0.3) is 0 Å². The number of thiol groups is 1.